The summed E-state index contributed by atoms with van der Waals surface area (Å²) in [5, 5.41) is 0. The van der Waals surface area contributed by atoms with Crippen LogP contribution in [0.5, 0.6) is 5.75 Å². The molecule has 0 unspecified atom stereocenters. The minimum atomic E-state index is 0.0354. The van der Waals surface area contributed by atoms with Gasteiger partial charge in [0.1, 0.15) is 5.75 Å². The number of aryl methyl sites for hydroxylation is 2. The standard InChI is InChI=1S/C20H24N4O2/c1-15-13-17(26-3)14-16(2)18(15)5-6-19(25)23-9-11-24(12-10-23)20-21-7-4-8-22-20/h4-8,13-14H,9-12H2,1-3H3/b6-5+. The molecule has 3 rings (SSSR count). The molecule has 1 saturated heterocycles. The first-order valence-corrected chi connectivity index (χ1v) is 8.72. The van der Waals surface area contributed by atoms with E-state index in [2.05, 4.69) is 14.9 Å². The fourth-order valence-corrected chi connectivity index (χ4v) is 3.16. The number of hydrogen-bond acceptors (Lipinski definition) is 5. The minimum absolute atomic E-state index is 0.0354. The van der Waals surface area contributed by atoms with Gasteiger partial charge in [-0.05, 0) is 54.8 Å². The zero-order chi connectivity index (χ0) is 18.5. The number of amides is 1. The number of ether oxygens (including phenoxy) is 1. The van der Waals surface area contributed by atoms with Crippen LogP contribution in [0.3, 0.4) is 0 Å². The molecule has 6 heteroatoms. The van der Waals surface area contributed by atoms with Crippen LogP contribution in [-0.2, 0) is 4.79 Å². The maximum absolute atomic E-state index is 12.5. The van der Waals surface area contributed by atoms with E-state index in [-0.39, 0.29) is 5.91 Å². The van der Waals surface area contributed by atoms with Gasteiger partial charge < -0.3 is 14.5 Å². The van der Waals surface area contributed by atoms with E-state index in [1.54, 1.807) is 31.6 Å². The zero-order valence-electron chi connectivity index (χ0n) is 15.5. The van der Waals surface area contributed by atoms with Crippen molar-refractivity contribution in [1.29, 1.82) is 0 Å². The number of benzene rings is 1. The lowest BCUT2D eigenvalue weighted by molar-refractivity contribution is -0.126. The molecular formula is C20H24N4O2. The summed E-state index contributed by atoms with van der Waals surface area (Å²) >= 11 is 0. The minimum Gasteiger partial charge on any atom is -0.497 e. The van der Waals surface area contributed by atoms with Gasteiger partial charge in [0.15, 0.2) is 0 Å². The first-order chi connectivity index (χ1) is 12.6. The monoisotopic (exact) mass is 352 g/mol. The van der Waals surface area contributed by atoms with Gasteiger partial charge in [0, 0.05) is 44.6 Å². The quantitative estimate of drug-likeness (QED) is 0.791. The molecule has 1 amide bonds. The van der Waals surface area contributed by atoms with Crippen molar-refractivity contribution in [2.75, 3.05) is 38.2 Å². The SMILES string of the molecule is COc1cc(C)c(/C=C/C(=O)N2CCN(c3ncccn3)CC2)c(C)c1. The van der Waals surface area contributed by atoms with Crippen molar-refractivity contribution in [1.82, 2.24) is 14.9 Å². The lowest BCUT2D eigenvalue weighted by atomic mass is 10.0. The Morgan fingerprint density at radius 2 is 1.69 bits per heavy atom. The maximum Gasteiger partial charge on any atom is 0.246 e. The van der Waals surface area contributed by atoms with Crippen molar-refractivity contribution in [3.63, 3.8) is 0 Å². The van der Waals surface area contributed by atoms with E-state index in [1.165, 1.54) is 0 Å². The number of aromatic nitrogens is 2. The summed E-state index contributed by atoms with van der Waals surface area (Å²) in [5.74, 6) is 1.59. The predicted octanol–water partition coefficient (Wildman–Crippen LogP) is 2.46. The molecule has 1 aliphatic heterocycles. The summed E-state index contributed by atoms with van der Waals surface area (Å²) in [4.78, 5) is 25.0. The molecule has 1 aromatic heterocycles. The van der Waals surface area contributed by atoms with Crippen LogP contribution in [0.4, 0.5) is 5.95 Å². The molecule has 1 aromatic carbocycles. The van der Waals surface area contributed by atoms with Crippen LogP contribution in [0.2, 0.25) is 0 Å². The van der Waals surface area contributed by atoms with Crippen LogP contribution in [0.15, 0.2) is 36.7 Å². The second kappa shape index (κ2) is 7.99. The topological polar surface area (TPSA) is 58.6 Å². The van der Waals surface area contributed by atoms with E-state index in [4.69, 9.17) is 4.74 Å². The molecule has 0 N–H and O–H groups in total. The van der Waals surface area contributed by atoms with Crippen molar-refractivity contribution in [2.24, 2.45) is 0 Å². The Morgan fingerprint density at radius 3 is 2.27 bits per heavy atom. The summed E-state index contributed by atoms with van der Waals surface area (Å²) < 4.78 is 5.28. The van der Waals surface area contributed by atoms with E-state index in [0.717, 1.165) is 41.5 Å². The molecule has 2 heterocycles. The average molecular weight is 352 g/mol. The van der Waals surface area contributed by atoms with Crippen molar-refractivity contribution < 1.29 is 9.53 Å². The van der Waals surface area contributed by atoms with Crippen molar-refractivity contribution in [2.45, 2.75) is 13.8 Å². The van der Waals surface area contributed by atoms with Gasteiger partial charge in [0.05, 0.1) is 7.11 Å². The Balaban J connectivity index is 1.62. The Labute approximate surface area is 154 Å². The summed E-state index contributed by atoms with van der Waals surface area (Å²) in [6.45, 7) is 6.87. The number of carbonyl (C=O) groups is 1. The maximum atomic E-state index is 12.5. The molecule has 1 fully saturated rings. The molecule has 0 spiro atoms. The Bertz CT molecular complexity index is 774. The predicted molar refractivity (Wildman–Crippen MR) is 102 cm³/mol. The highest BCUT2D eigenvalue weighted by Gasteiger charge is 2.21. The van der Waals surface area contributed by atoms with Crippen LogP contribution in [0.1, 0.15) is 16.7 Å². The largest absolute Gasteiger partial charge is 0.497 e. The third-order valence-electron chi connectivity index (χ3n) is 4.62. The summed E-state index contributed by atoms with van der Waals surface area (Å²) in [7, 11) is 1.66. The second-order valence-electron chi connectivity index (χ2n) is 6.37. The van der Waals surface area contributed by atoms with E-state index in [0.29, 0.717) is 13.1 Å². The van der Waals surface area contributed by atoms with Crippen LogP contribution in [0.25, 0.3) is 6.08 Å². The first-order valence-electron chi connectivity index (χ1n) is 8.72. The Hall–Kier alpha value is -2.89. The normalized spacial score (nSPS) is 14.7. The molecule has 6 nitrogen and oxygen atoms in total. The Morgan fingerprint density at radius 1 is 1.08 bits per heavy atom. The highest BCUT2D eigenvalue weighted by atomic mass is 16.5. The number of nitrogens with zero attached hydrogens (tertiary/aromatic N) is 4. The fourth-order valence-electron chi connectivity index (χ4n) is 3.16. The number of anilines is 1. The highest BCUT2D eigenvalue weighted by molar-refractivity contribution is 5.92. The van der Waals surface area contributed by atoms with Crippen LogP contribution in [0, 0.1) is 13.8 Å². The number of hydrogen-bond donors (Lipinski definition) is 0. The van der Waals surface area contributed by atoms with Gasteiger partial charge in [-0.25, -0.2) is 9.97 Å². The van der Waals surface area contributed by atoms with E-state index in [9.17, 15) is 4.79 Å². The van der Waals surface area contributed by atoms with Gasteiger partial charge in [-0.15, -0.1) is 0 Å². The summed E-state index contributed by atoms with van der Waals surface area (Å²) in [6, 6.07) is 5.77. The third kappa shape index (κ3) is 4.02. The molecule has 26 heavy (non-hydrogen) atoms. The number of methoxy groups -OCH3 is 1. The van der Waals surface area contributed by atoms with Gasteiger partial charge in [-0.2, -0.15) is 0 Å². The smallest absolute Gasteiger partial charge is 0.246 e. The fraction of sp³-hybridized carbons (Fsp3) is 0.350. The molecular weight excluding hydrogens is 328 g/mol. The molecule has 0 atom stereocenters. The summed E-state index contributed by atoms with van der Waals surface area (Å²) in [5.41, 5.74) is 3.25. The van der Waals surface area contributed by atoms with E-state index < -0.39 is 0 Å². The van der Waals surface area contributed by atoms with Gasteiger partial charge >= 0.3 is 0 Å². The molecule has 2 aromatic rings. The highest BCUT2D eigenvalue weighted by Crippen LogP contribution is 2.23. The molecule has 0 radical (unpaired) electrons. The lowest BCUT2D eigenvalue weighted by Gasteiger charge is -2.34. The first kappa shape index (κ1) is 17.9. The third-order valence-corrected chi connectivity index (χ3v) is 4.62. The molecule has 0 bridgehead atoms. The molecule has 0 saturated carbocycles. The van der Waals surface area contributed by atoms with Gasteiger partial charge in [-0.3, -0.25) is 4.79 Å². The number of rotatable bonds is 4. The van der Waals surface area contributed by atoms with Crippen LogP contribution >= 0.6 is 0 Å². The molecule has 0 aliphatic carbocycles. The number of piperazine rings is 1. The van der Waals surface area contributed by atoms with E-state index >= 15 is 0 Å². The molecule has 136 valence electrons. The summed E-state index contributed by atoms with van der Waals surface area (Å²) in [6.07, 6.45) is 7.04. The second-order valence-corrected chi connectivity index (χ2v) is 6.37. The Kier molecular flexibility index (Phi) is 5.51. The number of carbonyl (C=O) groups excluding carboxylic acids is 1. The average Bonchev–Trinajstić information content (AvgIpc) is 2.67. The van der Waals surface area contributed by atoms with Gasteiger partial charge in [0.25, 0.3) is 0 Å². The van der Waals surface area contributed by atoms with Crippen LogP contribution in [-0.4, -0.2) is 54.1 Å². The van der Waals surface area contributed by atoms with Crippen molar-refractivity contribution in [3.05, 3.63) is 53.4 Å². The van der Waals surface area contributed by atoms with Gasteiger partial charge in [-0.1, -0.05) is 0 Å². The van der Waals surface area contributed by atoms with Crippen molar-refractivity contribution >= 4 is 17.9 Å². The molecule has 1 aliphatic rings. The zero-order valence-corrected chi connectivity index (χ0v) is 15.5. The van der Waals surface area contributed by atoms with Gasteiger partial charge in [0.2, 0.25) is 11.9 Å². The van der Waals surface area contributed by atoms with E-state index in [1.807, 2.05) is 37.0 Å². The van der Waals surface area contributed by atoms with Crippen LogP contribution < -0.4 is 9.64 Å². The van der Waals surface area contributed by atoms with Crippen molar-refractivity contribution in [3.8, 4) is 5.75 Å². The lowest BCUT2D eigenvalue weighted by Crippen LogP contribution is -2.48.